The van der Waals surface area contributed by atoms with Gasteiger partial charge in [0, 0.05) is 13.1 Å². The molecule has 5 nitrogen and oxygen atoms in total. The maximum Gasteiger partial charge on any atom is 0.242 e. The normalized spacial score (nSPS) is 19.0. The number of hydrogen-bond acceptors (Lipinski definition) is 4. The van der Waals surface area contributed by atoms with Crippen LogP contribution in [0.5, 0.6) is 0 Å². The topological polar surface area (TPSA) is 52.7 Å². The number of nitrogens with zero attached hydrogens (tertiary/aromatic N) is 2. The zero-order valence-corrected chi connectivity index (χ0v) is 16.2. The van der Waals surface area contributed by atoms with E-state index in [1.165, 1.54) is 11.8 Å². The van der Waals surface area contributed by atoms with Crippen LogP contribution in [-0.4, -0.2) is 60.6 Å². The molecule has 0 saturated carbocycles. The third kappa shape index (κ3) is 4.57. The van der Waals surface area contributed by atoms with Crippen LogP contribution in [0.1, 0.15) is 17.9 Å². The predicted octanol–water partition coefficient (Wildman–Crippen LogP) is 2.63. The van der Waals surface area contributed by atoms with Gasteiger partial charge in [0.05, 0.1) is 15.8 Å². The van der Waals surface area contributed by atoms with Crippen LogP contribution >= 0.6 is 35.0 Å². The zero-order valence-electron chi connectivity index (χ0n) is 13.9. The molecule has 0 radical (unpaired) electrons. The van der Waals surface area contributed by atoms with E-state index in [-0.39, 0.29) is 17.2 Å². The molecule has 0 bridgehead atoms. The van der Waals surface area contributed by atoms with E-state index in [1.54, 1.807) is 24.0 Å². The van der Waals surface area contributed by atoms with Gasteiger partial charge in [-0.25, -0.2) is 0 Å². The van der Waals surface area contributed by atoms with E-state index in [1.807, 2.05) is 25.1 Å². The van der Waals surface area contributed by atoms with E-state index >= 15 is 0 Å². The van der Waals surface area contributed by atoms with Crippen molar-refractivity contribution in [2.75, 3.05) is 32.9 Å². The van der Waals surface area contributed by atoms with Gasteiger partial charge in [-0.2, -0.15) is 0 Å². The first-order valence-corrected chi connectivity index (χ1v) is 9.42. The van der Waals surface area contributed by atoms with Crippen molar-refractivity contribution >= 4 is 46.8 Å². The zero-order chi connectivity index (χ0) is 17.9. The van der Waals surface area contributed by atoms with Crippen LogP contribution in [0.2, 0.25) is 10.0 Å². The Kier molecular flexibility index (Phi) is 6.80. The van der Waals surface area contributed by atoms with E-state index in [2.05, 4.69) is 5.32 Å². The second-order valence-corrected chi connectivity index (χ2v) is 7.79. The number of nitrogens with one attached hydrogen (secondary N) is 1. The Morgan fingerprint density at radius 1 is 1.42 bits per heavy atom. The molecule has 1 fully saturated rings. The molecule has 2 rings (SSSR count). The minimum absolute atomic E-state index is 0.0497. The summed E-state index contributed by atoms with van der Waals surface area (Å²) >= 11 is 13.5. The summed E-state index contributed by atoms with van der Waals surface area (Å²) in [4.78, 5) is 28.3. The van der Waals surface area contributed by atoms with Crippen LogP contribution in [0.25, 0.3) is 0 Å². The second-order valence-electron chi connectivity index (χ2n) is 5.91. The first-order chi connectivity index (χ1) is 11.3. The van der Waals surface area contributed by atoms with Crippen molar-refractivity contribution < 1.29 is 9.59 Å². The van der Waals surface area contributed by atoms with E-state index in [9.17, 15) is 9.59 Å². The molecule has 1 aromatic rings. The monoisotopic (exact) mass is 389 g/mol. The number of benzene rings is 1. The fourth-order valence-corrected chi connectivity index (χ4v) is 4.01. The molecule has 1 aromatic carbocycles. The van der Waals surface area contributed by atoms with Crippen LogP contribution in [0, 0.1) is 0 Å². The summed E-state index contributed by atoms with van der Waals surface area (Å²) in [6.45, 7) is 3.04. The molecule has 1 N–H and O–H groups in total. The van der Waals surface area contributed by atoms with Gasteiger partial charge in [-0.3, -0.25) is 9.59 Å². The molecule has 2 amide bonds. The lowest BCUT2D eigenvalue weighted by molar-refractivity contribution is -0.137. The van der Waals surface area contributed by atoms with E-state index in [4.69, 9.17) is 23.2 Å². The van der Waals surface area contributed by atoms with Crippen molar-refractivity contribution in [2.24, 2.45) is 0 Å². The van der Waals surface area contributed by atoms with Crippen molar-refractivity contribution in [3.05, 3.63) is 33.8 Å². The lowest BCUT2D eigenvalue weighted by atomic mass is 10.1. The second kappa shape index (κ2) is 8.43. The van der Waals surface area contributed by atoms with Gasteiger partial charge in [0.1, 0.15) is 11.4 Å². The number of carbonyl (C=O) groups excluding carboxylic acids is 2. The molecule has 8 heteroatoms. The highest BCUT2D eigenvalue weighted by atomic mass is 35.5. The Hall–Kier alpha value is -0.950. The molecule has 132 valence electrons. The van der Waals surface area contributed by atoms with Gasteiger partial charge >= 0.3 is 0 Å². The van der Waals surface area contributed by atoms with Crippen LogP contribution in [-0.2, 0) is 9.59 Å². The van der Waals surface area contributed by atoms with Gasteiger partial charge in [0.2, 0.25) is 11.8 Å². The number of thioether (sulfide) groups is 1. The first-order valence-electron chi connectivity index (χ1n) is 7.61. The predicted molar refractivity (Wildman–Crippen MR) is 99.5 cm³/mol. The quantitative estimate of drug-likeness (QED) is 0.812. The van der Waals surface area contributed by atoms with Crippen molar-refractivity contribution in [3.8, 4) is 0 Å². The Morgan fingerprint density at radius 3 is 2.75 bits per heavy atom. The molecule has 0 aromatic heterocycles. The highest BCUT2D eigenvalue weighted by Gasteiger charge is 2.38. The molecule has 0 spiro atoms. The molecule has 2 atom stereocenters. The lowest BCUT2D eigenvalue weighted by Gasteiger charge is -2.30. The standard InChI is InChI=1S/C16H21Cl2N3O2S/c1-10(15(23)19-6-7-20(2)3)21-14(22)9-24-16(21)11-4-5-12(17)13(18)8-11/h4-5,8,10,16H,6-7,9H2,1-3H3,(H,19,23)/t10-,16-/m0/s1. The largest absolute Gasteiger partial charge is 0.353 e. The number of carbonyl (C=O) groups is 2. The van der Waals surface area contributed by atoms with Gasteiger partial charge in [-0.15, -0.1) is 11.8 Å². The third-order valence-electron chi connectivity index (χ3n) is 3.79. The Balaban J connectivity index is 2.11. The highest BCUT2D eigenvalue weighted by molar-refractivity contribution is 8.00. The summed E-state index contributed by atoms with van der Waals surface area (Å²) in [6.07, 6.45) is 0. The Morgan fingerprint density at radius 2 is 2.12 bits per heavy atom. The minimum atomic E-state index is -0.547. The Labute approximate surface area is 156 Å². The van der Waals surface area contributed by atoms with Gasteiger partial charge in [0.25, 0.3) is 0 Å². The number of amides is 2. The number of likely N-dealkylation sites (N-methyl/N-ethyl adjacent to an activating group) is 1. The van der Waals surface area contributed by atoms with Crippen LogP contribution in [0.15, 0.2) is 18.2 Å². The number of halogens is 2. The van der Waals surface area contributed by atoms with Crippen LogP contribution in [0.4, 0.5) is 0 Å². The summed E-state index contributed by atoms with van der Waals surface area (Å²) in [5.74, 6) is 0.143. The number of rotatable bonds is 6. The molecule has 1 heterocycles. The average Bonchev–Trinajstić information content (AvgIpc) is 2.90. The molecule has 0 unspecified atom stereocenters. The first kappa shape index (κ1) is 19.4. The van der Waals surface area contributed by atoms with Crippen molar-refractivity contribution in [3.63, 3.8) is 0 Å². The third-order valence-corrected chi connectivity index (χ3v) is 5.76. The summed E-state index contributed by atoms with van der Waals surface area (Å²) in [5.41, 5.74) is 0.869. The maximum atomic E-state index is 12.4. The molecule has 0 aliphatic carbocycles. The van der Waals surface area contributed by atoms with Crippen molar-refractivity contribution in [1.29, 1.82) is 0 Å². The van der Waals surface area contributed by atoms with E-state index in [0.717, 1.165) is 12.1 Å². The molecule has 1 saturated heterocycles. The van der Waals surface area contributed by atoms with E-state index < -0.39 is 6.04 Å². The summed E-state index contributed by atoms with van der Waals surface area (Å²) in [5, 5.41) is 3.55. The lowest BCUT2D eigenvalue weighted by Crippen LogP contribution is -2.47. The number of hydrogen-bond donors (Lipinski definition) is 1. The van der Waals surface area contributed by atoms with E-state index in [0.29, 0.717) is 22.3 Å². The van der Waals surface area contributed by atoms with Gasteiger partial charge in [0.15, 0.2) is 0 Å². The molecule has 24 heavy (non-hydrogen) atoms. The molecule has 1 aliphatic rings. The Bertz CT molecular complexity index is 627. The highest BCUT2D eigenvalue weighted by Crippen LogP contribution is 2.41. The van der Waals surface area contributed by atoms with Gasteiger partial charge in [-0.1, -0.05) is 29.3 Å². The van der Waals surface area contributed by atoms with Crippen LogP contribution < -0.4 is 5.32 Å². The van der Waals surface area contributed by atoms with Crippen molar-refractivity contribution in [1.82, 2.24) is 15.1 Å². The summed E-state index contributed by atoms with van der Waals surface area (Å²) in [7, 11) is 3.88. The molecular weight excluding hydrogens is 369 g/mol. The fraction of sp³-hybridized carbons (Fsp3) is 0.500. The average molecular weight is 390 g/mol. The molecular formula is C16H21Cl2N3O2S. The summed E-state index contributed by atoms with van der Waals surface area (Å²) in [6, 6.07) is 4.76. The van der Waals surface area contributed by atoms with Crippen LogP contribution in [0.3, 0.4) is 0 Å². The fourth-order valence-electron chi connectivity index (χ4n) is 2.45. The summed E-state index contributed by atoms with van der Waals surface area (Å²) < 4.78 is 0. The van der Waals surface area contributed by atoms with Gasteiger partial charge < -0.3 is 15.1 Å². The SMILES string of the molecule is C[C@@H](C(=O)NCCN(C)C)N1C(=O)CS[C@H]1c1ccc(Cl)c(Cl)c1. The smallest absolute Gasteiger partial charge is 0.242 e. The van der Waals surface area contributed by atoms with Gasteiger partial charge in [-0.05, 0) is 38.7 Å². The van der Waals surface area contributed by atoms with Crippen molar-refractivity contribution in [2.45, 2.75) is 18.3 Å². The maximum absolute atomic E-state index is 12.4. The minimum Gasteiger partial charge on any atom is -0.353 e. The molecule has 1 aliphatic heterocycles.